The van der Waals surface area contributed by atoms with Crippen LogP contribution in [0.4, 0.5) is 5.95 Å². The lowest BCUT2D eigenvalue weighted by Crippen LogP contribution is -2.54. The lowest BCUT2D eigenvalue weighted by Gasteiger charge is -2.45. The van der Waals surface area contributed by atoms with Crippen LogP contribution < -0.4 is 10.9 Å². The van der Waals surface area contributed by atoms with Crippen molar-refractivity contribution in [1.29, 1.82) is 5.26 Å². The van der Waals surface area contributed by atoms with Gasteiger partial charge in [0.05, 0.1) is 32.0 Å². The van der Waals surface area contributed by atoms with E-state index in [4.69, 9.17) is 32.7 Å². The van der Waals surface area contributed by atoms with E-state index >= 15 is 0 Å². The van der Waals surface area contributed by atoms with Crippen LogP contribution in [0.15, 0.2) is 11.1 Å². The lowest BCUT2D eigenvalue weighted by atomic mass is 10.1. The summed E-state index contributed by atoms with van der Waals surface area (Å²) in [4.78, 5) is 36.6. The molecule has 1 fully saturated rings. The molecule has 3 heterocycles. The fourth-order valence-corrected chi connectivity index (χ4v) is 12.5. The molecule has 2 aromatic heterocycles. The first-order chi connectivity index (χ1) is 21.1. The Kier molecular flexibility index (Phi) is 12.7. The van der Waals surface area contributed by atoms with E-state index in [9.17, 15) is 14.2 Å². The maximum atomic E-state index is 13.2. The highest BCUT2D eigenvalue weighted by Crippen LogP contribution is 2.51. The number of H-pyrrole nitrogens is 1. The molecule has 15 nitrogen and oxygen atoms in total. The Morgan fingerprint density at radius 3 is 2.31 bits per heavy atom. The number of nitriles is 1. The Morgan fingerprint density at radius 1 is 1.13 bits per heavy atom. The number of phosphoric acid groups is 1. The van der Waals surface area contributed by atoms with Crippen molar-refractivity contribution in [3.05, 3.63) is 16.7 Å². The van der Waals surface area contributed by atoms with Gasteiger partial charge in [0, 0.05) is 20.1 Å². The molecular formula is C28H47N6O9PSi. The number of phosphoric ester groups is 1. The van der Waals surface area contributed by atoms with E-state index in [2.05, 4.69) is 61.8 Å². The molecule has 3 rings (SSSR count). The summed E-state index contributed by atoms with van der Waals surface area (Å²) < 4.78 is 50.5. The molecule has 1 amide bonds. The van der Waals surface area contributed by atoms with Gasteiger partial charge in [-0.2, -0.15) is 10.2 Å². The van der Waals surface area contributed by atoms with E-state index in [1.807, 2.05) is 6.07 Å². The van der Waals surface area contributed by atoms with Gasteiger partial charge in [0.15, 0.2) is 17.4 Å². The Bertz CT molecular complexity index is 1430. The fraction of sp³-hybridized carbons (Fsp3) is 0.750. The molecule has 252 valence electrons. The number of carbonyl (C=O) groups excluding carboxylic acids is 1. The molecule has 0 saturated carbocycles. The highest BCUT2D eigenvalue weighted by atomic mass is 31.2. The van der Waals surface area contributed by atoms with E-state index in [-0.39, 0.29) is 65.2 Å². The summed E-state index contributed by atoms with van der Waals surface area (Å²) in [7, 11) is -3.85. The van der Waals surface area contributed by atoms with Crippen LogP contribution in [-0.4, -0.2) is 79.5 Å². The molecule has 2 aromatic rings. The molecular weight excluding hydrogens is 623 g/mol. The van der Waals surface area contributed by atoms with Crippen molar-refractivity contribution in [1.82, 2.24) is 19.5 Å². The number of aromatic nitrogens is 4. The highest BCUT2D eigenvalue weighted by molar-refractivity contribution is 7.48. The van der Waals surface area contributed by atoms with E-state index in [0.29, 0.717) is 0 Å². The largest absolute Gasteiger partial charge is 0.474 e. The zero-order valence-electron chi connectivity index (χ0n) is 27.7. The SMILES string of the molecule is COC1[C@@H](O[Si](C(C)C)(C(C)C)C(C)C)[C@@H](COP(=O)(OC)OCCC#N)O[C@H]1n1cnc2c(=O)[nH]c(NC(=O)C(C)C)nc21. The molecule has 0 aromatic carbocycles. The molecule has 0 bridgehead atoms. The number of carbonyl (C=O) groups is 1. The number of nitrogens with zero attached hydrogens (tertiary/aromatic N) is 4. The number of nitrogens with one attached hydrogen (secondary N) is 2. The first kappa shape index (κ1) is 37.0. The number of hydrogen-bond acceptors (Lipinski definition) is 12. The van der Waals surface area contributed by atoms with Gasteiger partial charge in [-0.15, -0.1) is 0 Å². The van der Waals surface area contributed by atoms with Crippen molar-refractivity contribution in [2.45, 2.75) is 103 Å². The van der Waals surface area contributed by atoms with E-state index in [1.165, 1.54) is 20.5 Å². The first-order valence-electron chi connectivity index (χ1n) is 15.1. The number of aromatic amines is 1. The summed E-state index contributed by atoms with van der Waals surface area (Å²) in [5, 5.41) is 11.5. The molecule has 0 spiro atoms. The van der Waals surface area contributed by atoms with Crippen LogP contribution in [0.25, 0.3) is 11.2 Å². The van der Waals surface area contributed by atoms with Crippen LogP contribution in [0.2, 0.25) is 16.6 Å². The van der Waals surface area contributed by atoms with Gasteiger partial charge in [-0.3, -0.25) is 38.0 Å². The van der Waals surface area contributed by atoms with Gasteiger partial charge >= 0.3 is 7.82 Å². The number of methoxy groups -OCH3 is 1. The Morgan fingerprint density at radius 2 is 1.78 bits per heavy atom. The van der Waals surface area contributed by atoms with Crippen molar-refractivity contribution >= 4 is 39.2 Å². The summed E-state index contributed by atoms with van der Waals surface area (Å²) in [6.45, 7) is 16.0. The maximum Gasteiger partial charge on any atom is 0.474 e. The second-order valence-electron chi connectivity index (χ2n) is 12.2. The smallest absolute Gasteiger partial charge is 0.408 e. The topological polar surface area (TPSA) is 189 Å². The molecule has 1 aliphatic heterocycles. The zero-order chi connectivity index (χ0) is 33.7. The van der Waals surface area contributed by atoms with Gasteiger partial charge in [-0.1, -0.05) is 55.4 Å². The third kappa shape index (κ3) is 7.91. The summed E-state index contributed by atoms with van der Waals surface area (Å²) in [6, 6.07) is 1.92. The Labute approximate surface area is 265 Å². The minimum Gasteiger partial charge on any atom is -0.408 e. The third-order valence-corrected chi connectivity index (χ3v) is 15.7. The summed E-state index contributed by atoms with van der Waals surface area (Å²) in [5.74, 6) is -0.697. The maximum absolute atomic E-state index is 13.2. The van der Waals surface area contributed by atoms with Gasteiger partial charge in [0.1, 0.15) is 18.3 Å². The van der Waals surface area contributed by atoms with E-state index in [1.54, 1.807) is 18.4 Å². The van der Waals surface area contributed by atoms with Gasteiger partial charge in [-0.25, -0.2) is 9.55 Å². The highest BCUT2D eigenvalue weighted by Gasteiger charge is 2.55. The van der Waals surface area contributed by atoms with Crippen LogP contribution in [-0.2, 0) is 36.8 Å². The van der Waals surface area contributed by atoms with Gasteiger partial charge < -0.3 is 13.9 Å². The fourth-order valence-electron chi connectivity index (χ4n) is 6.05. The molecule has 1 saturated heterocycles. The Balaban J connectivity index is 2.09. The number of fused-ring (bicyclic) bond motifs is 1. The summed E-state index contributed by atoms with van der Waals surface area (Å²) in [6.07, 6.45) is -1.76. The lowest BCUT2D eigenvalue weighted by molar-refractivity contribution is -0.118. The number of anilines is 1. The average Bonchev–Trinajstić information content (AvgIpc) is 3.55. The number of imidazole rings is 1. The molecule has 0 radical (unpaired) electrons. The number of ether oxygens (including phenoxy) is 2. The van der Waals surface area contributed by atoms with Crippen LogP contribution in [0.1, 0.15) is 68.0 Å². The monoisotopic (exact) mass is 670 g/mol. The first-order valence-corrected chi connectivity index (χ1v) is 18.7. The molecule has 45 heavy (non-hydrogen) atoms. The van der Waals surface area contributed by atoms with E-state index in [0.717, 1.165) is 0 Å². The average molecular weight is 671 g/mol. The molecule has 1 aliphatic rings. The van der Waals surface area contributed by atoms with Crippen LogP contribution in [0, 0.1) is 17.2 Å². The minimum absolute atomic E-state index is 0.000921. The van der Waals surface area contributed by atoms with Crippen molar-refractivity contribution in [2.24, 2.45) is 5.92 Å². The molecule has 2 unspecified atom stereocenters. The van der Waals surface area contributed by atoms with Crippen LogP contribution in [0.3, 0.4) is 0 Å². The second kappa shape index (κ2) is 15.4. The molecule has 5 atom stereocenters. The van der Waals surface area contributed by atoms with Crippen molar-refractivity contribution < 1.29 is 36.8 Å². The van der Waals surface area contributed by atoms with Gasteiger partial charge in [-0.05, 0) is 16.6 Å². The minimum atomic E-state index is -4.03. The quantitative estimate of drug-likeness (QED) is 0.140. The van der Waals surface area contributed by atoms with E-state index < -0.39 is 46.2 Å². The van der Waals surface area contributed by atoms with Gasteiger partial charge in [0.2, 0.25) is 20.2 Å². The van der Waals surface area contributed by atoms with Crippen LogP contribution in [0.5, 0.6) is 0 Å². The van der Waals surface area contributed by atoms with Crippen LogP contribution >= 0.6 is 7.82 Å². The van der Waals surface area contributed by atoms with Crippen molar-refractivity contribution in [3.8, 4) is 6.07 Å². The van der Waals surface area contributed by atoms with Crippen molar-refractivity contribution in [2.75, 3.05) is 32.8 Å². The standard InChI is InChI=1S/C28H47N6O9PSi/c1-16(2)25(35)32-28-31-24-21(26(36)33-28)30-15-34(24)27-23(38-9)22(43-45(17(3)4,18(5)6)19(7)8)20(42-27)14-41-44(37,39-10)40-13-11-12-29/h15-20,22-23,27H,11,13-14H2,1-10H3,(H2,31,32,33,35,36)/t20-,22+,23?,27-,44?/m1/s1. The van der Waals surface area contributed by atoms with Crippen molar-refractivity contribution in [3.63, 3.8) is 0 Å². The molecule has 2 N–H and O–H groups in total. The molecule has 0 aliphatic carbocycles. The summed E-state index contributed by atoms with van der Waals surface area (Å²) in [5.41, 5.74) is 0.314. The zero-order valence-corrected chi connectivity index (χ0v) is 29.6. The van der Waals surface area contributed by atoms with Gasteiger partial charge in [0.25, 0.3) is 5.56 Å². The Hall–Kier alpha value is -2.48. The normalized spacial score (nSPS) is 22.1. The second-order valence-corrected chi connectivity index (χ2v) is 19.4. The number of hydrogen-bond donors (Lipinski definition) is 2. The summed E-state index contributed by atoms with van der Waals surface area (Å²) >= 11 is 0. The number of amides is 1. The predicted octanol–water partition coefficient (Wildman–Crippen LogP) is 4.89. The molecule has 17 heteroatoms. The number of rotatable bonds is 16. The third-order valence-electron chi connectivity index (χ3n) is 8.16. The predicted molar refractivity (Wildman–Crippen MR) is 169 cm³/mol.